The van der Waals surface area contributed by atoms with Crippen LogP contribution in [-0.4, -0.2) is 0 Å². The van der Waals surface area contributed by atoms with Crippen LogP contribution in [0.1, 0.15) is 36.3 Å². The molecule has 0 N–H and O–H groups in total. The summed E-state index contributed by atoms with van der Waals surface area (Å²) in [4.78, 5) is 0. The topological polar surface area (TPSA) is 0 Å². The first-order valence-corrected chi connectivity index (χ1v) is 7.17. The minimum Gasteiger partial charge on any atom is -0.0844 e. The first-order valence-electron chi connectivity index (χ1n) is 7.17. The van der Waals surface area contributed by atoms with Gasteiger partial charge in [-0.15, -0.1) is 0 Å². The quantitative estimate of drug-likeness (QED) is 0.666. The molecule has 2 unspecified atom stereocenters. The van der Waals surface area contributed by atoms with E-state index in [4.69, 9.17) is 0 Å². The SMILES string of the molecule is C1=C2CC(c3ccccc3)C(c3ccccc3)(C1)C2. The maximum absolute atomic E-state index is 2.48. The fourth-order valence-electron chi connectivity index (χ4n) is 4.07. The summed E-state index contributed by atoms with van der Waals surface area (Å²) in [5, 5.41) is 0. The lowest BCUT2D eigenvalue weighted by atomic mass is 9.68. The zero-order valence-electron chi connectivity index (χ0n) is 11.0. The number of fused-ring (bicyclic) bond motifs is 2. The number of benzene rings is 2. The van der Waals surface area contributed by atoms with Crippen molar-refractivity contribution in [2.45, 2.75) is 30.6 Å². The highest BCUT2D eigenvalue weighted by Gasteiger charge is 2.49. The number of rotatable bonds is 2. The molecule has 2 aromatic carbocycles. The van der Waals surface area contributed by atoms with Gasteiger partial charge in [-0.3, -0.25) is 0 Å². The summed E-state index contributed by atoms with van der Waals surface area (Å²) in [6, 6.07) is 22.2. The molecule has 0 heteroatoms. The highest BCUT2D eigenvalue weighted by molar-refractivity contribution is 5.45. The molecule has 0 aliphatic heterocycles. The van der Waals surface area contributed by atoms with Crippen molar-refractivity contribution in [3.05, 3.63) is 83.4 Å². The van der Waals surface area contributed by atoms with Gasteiger partial charge in [0.1, 0.15) is 0 Å². The Bertz CT molecular complexity index is 609. The molecule has 0 nitrogen and oxygen atoms in total. The van der Waals surface area contributed by atoms with Crippen LogP contribution in [0.15, 0.2) is 72.3 Å². The predicted octanol–water partition coefficient (Wildman–Crippen LogP) is 4.83. The lowest BCUT2D eigenvalue weighted by Crippen LogP contribution is -2.28. The minimum absolute atomic E-state index is 0.331. The van der Waals surface area contributed by atoms with Crippen LogP contribution in [0, 0.1) is 0 Å². The molecule has 2 atom stereocenters. The summed E-state index contributed by atoms with van der Waals surface area (Å²) in [5.41, 5.74) is 5.03. The van der Waals surface area contributed by atoms with Gasteiger partial charge in [-0.05, 0) is 36.3 Å². The Hall–Kier alpha value is -1.82. The molecule has 2 aliphatic carbocycles. The molecule has 0 heterocycles. The largest absolute Gasteiger partial charge is 0.0844 e. The fourth-order valence-corrected chi connectivity index (χ4v) is 4.07. The Labute approximate surface area is 114 Å². The number of allylic oxidation sites excluding steroid dienone is 2. The highest BCUT2D eigenvalue weighted by atomic mass is 14.5. The van der Waals surface area contributed by atoms with Gasteiger partial charge in [0.05, 0.1) is 0 Å². The molecule has 0 amide bonds. The van der Waals surface area contributed by atoms with Crippen LogP contribution in [0.4, 0.5) is 0 Å². The van der Waals surface area contributed by atoms with Gasteiger partial charge < -0.3 is 0 Å². The van der Waals surface area contributed by atoms with Gasteiger partial charge in [-0.25, -0.2) is 0 Å². The number of hydrogen-bond donors (Lipinski definition) is 0. The average Bonchev–Trinajstić information content (AvgIpc) is 3.08. The summed E-state index contributed by atoms with van der Waals surface area (Å²) in [6.45, 7) is 0. The smallest absolute Gasteiger partial charge is 0.00962 e. The molecule has 1 saturated carbocycles. The van der Waals surface area contributed by atoms with Crippen LogP contribution in [0.2, 0.25) is 0 Å². The van der Waals surface area contributed by atoms with Crippen LogP contribution in [0.3, 0.4) is 0 Å². The van der Waals surface area contributed by atoms with Crippen molar-refractivity contribution in [1.82, 2.24) is 0 Å². The Morgan fingerprint density at radius 2 is 1.53 bits per heavy atom. The van der Waals surface area contributed by atoms with E-state index in [1.807, 2.05) is 0 Å². The molecule has 2 bridgehead atoms. The van der Waals surface area contributed by atoms with Gasteiger partial charge in [-0.1, -0.05) is 72.3 Å². The second-order valence-electron chi connectivity index (χ2n) is 5.93. The molecular formula is C19H18. The maximum atomic E-state index is 2.48. The second-order valence-corrected chi connectivity index (χ2v) is 5.93. The lowest BCUT2D eigenvalue weighted by Gasteiger charge is -2.35. The van der Waals surface area contributed by atoms with Crippen molar-refractivity contribution in [1.29, 1.82) is 0 Å². The molecule has 2 aromatic rings. The molecule has 4 rings (SSSR count). The zero-order chi connectivity index (χ0) is 12.7. The van der Waals surface area contributed by atoms with Crippen molar-refractivity contribution < 1.29 is 0 Å². The highest BCUT2D eigenvalue weighted by Crippen LogP contribution is 2.59. The standard InChI is InChI=1S/C19H18/c1-3-7-16(8-4-1)18-13-15-11-12-19(18,14-15)17-9-5-2-6-10-17/h1-11,18H,12-14H2. The molecule has 2 aliphatic rings. The Morgan fingerprint density at radius 3 is 2.21 bits per heavy atom. The van der Waals surface area contributed by atoms with E-state index >= 15 is 0 Å². The van der Waals surface area contributed by atoms with Gasteiger partial charge >= 0.3 is 0 Å². The molecule has 1 fully saturated rings. The first kappa shape index (κ1) is 11.0. The molecule has 94 valence electrons. The molecule has 0 radical (unpaired) electrons. The normalized spacial score (nSPS) is 28.4. The van der Waals surface area contributed by atoms with E-state index in [0.29, 0.717) is 11.3 Å². The third-order valence-corrected chi connectivity index (χ3v) is 4.98. The van der Waals surface area contributed by atoms with Crippen molar-refractivity contribution >= 4 is 0 Å². The van der Waals surface area contributed by atoms with E-state index in [2.05, 4.69) is 66.7 Å². The van der Waals surface area contributed by atoms with Crippen molar-refractivity contribution in [2.75, 3.05) is 0 Å². The van der Waals surface area contributed by atoms with Crippen LogP contribution in [-0.2, 0) is 5.41 Å². The third-order valence-electron chi connectivity index (χ3n) is 4.98. The molecule has 0 saturated heterocycles. The monoisotopic (exact) mass is 246 g/mol. The van der Waals surface area contributed by atoms with Gasteiger partial charge in [0.25, 0.3) is 0 Å². The minimum atomic E-state index is 0.331. The molecule has 0 spiro atoms. The van der Waals surface area contributed by atoms with E-state index in [0.717, 1.165) is 0 Å². The molecule has 0 aromatic heterocycles. The lowest BCUT2D eigenvalue weighted by molar-refractivity contribution is 0.402. The first-order chi connectivity index (χ1) is 9.38. The average molecular weight is 246 g/mol. The summed E-state index contributed by atoms with van der Waals surface area (Å²) in [5.74, 6) is 0.663. The maximum Gasteiger partial charge on any atom is 0.00962 e. The van der Waals surface area contributed by atoms with Gasteiger partial charge in [-0.2, -0.15) is 0 Å². The van der Waals surface area contributed by atoms with E-state index in [1.165, 1.54) is 30.4 Å². The van der Waals surface area contributed by atoms with Crippen molar-refractivity contribution in [2.24, 2.45) is 0 Å². The summed E-state index contributed by atoms with van der Waals surface area (Å²) < 4.78 is 0. The third kappa shape index (κ3) is 1.59. The molecule has 19 heavy (non-hydrogen) atoms. The van der Waals surface area contributed by atoms with Crippen LogP contribution < -0.4 is 0 Å². The van der Waals surface area contributed by atoms with Crippen LogP contribution >= 0.6 is 0 Å². The fraction of sp³-hybridized carbons (Fsp3) is 0.263. The van der Waals surface area contributed by atoms with E-state index in [1.54, 1.807) is 5.57 Å². The van der Waals surface area contributed by atoms with Crippen molar-refractivity contribution in [3.63, 3.8) is 0 Å². The molecular weight excluding hydrogens is 228 g/mol. The van der Waals surface area contributed by atoms with E-state index in [9.17, 15) is 0 Å². The van der Waals surface area contributed by atoms with E-state index < -0.39 is 0 Å². The second kappa shape index (κ2) is 4.09. The zero-order valence-corrected chi connectivity index (χ0v) is 11.0. The summed E-state index contributed by atoms with van der Waals surface area (Å²) >= 11 is 0. The van der Waals surface area contributed by atoms with Crippen LogP contribution in [0.5, 0.6) is 0 Å². The summed E-state index contributed by atoms with van der Waals surface area (Å²) in [6.07, 6.45) is 6.20. The Morgan fingerprint density at radius 1 is 0.842 bits per heavy atom. The van der Waals surface area contributed by atoms with Crippen molar-refractivity contribution in [3.8, 4) is 0 Å². The Kier molecular flexibility index (Phi) is 2.38. The predicted molar refractivity (Wildman–Crippen MR) is 79.2 cm³/mol. The summed E-state index contributed by atoms with van der Waals surface area (Å²) in [7, 11) is 0. The van der Waals surface area contributed by atoms with Gasteiger partial charge in [0.15, 0.2) is 0 Å². The Balaban J connectivity index is 1.82. The van der Waals surface area contributed by atoms with Crippen LogP contribution in [0.25, 0.3) is 0 Å². The van der Waals surface area contributed by atoms with E-state index in [-0.39, 0.29) is 0 Å². The van der Waals surface area contributed by atoms with Gasteiger partial charge in [0.2, 0.25) is 0 Å². The number of hydrogen-bond acceptors (Lipinski definition) is 0. The van der Waals surface area contributed by atoms with Gasteiger partial charge in [0, 0.05) is 5.41 Å².